The van der Waals surface area contributed by atoms with Gasteiger partial charge in [-0.15, -0.1) is 0 Å². The molecule has 3 aromatic rings. The number of furan rings is 1. The summed E-state index contributed by atoms with van der Waals surface area (Å²) in [6.07, 6.45) is 2.26. The first-order valence-corrected chi connectivity index (χ1v) is 8.11. The van der Waals surface area contributed by atoms with Crippen LogP contribution in [0, 0.1) is 0 Å². The fraction of sp³-hybridized carbons (Fsp3) is 0.375. The highest BCUT2D eigenvalue weighted by molar-refractivity contribution is 6.31. The van der Waals surface area contributed by atoms with Gasteiger partial charge in [-0.1, -0.05) is 11.6 Å². The van der Waals surface area contributed by atoms with Gasteiger partial charge in [0.25, 0.3) is 0 Å². The van der Waals surface area contributed by atoms with Crippen molar-refractivity contribution in [2.24, 2.45) is 0 Å². The summed E-state index contributed by atoms with van der Waals surface area (Å²) >= 11 is 6.11. The Morgan fingerprint density at radius 2 is 2.26 bits per heavy atom. The van der Waals surface area contributed by atoms with Crippen molar-refractivity contribution in [1.82, 2.24) is 15.3 Å². The fourth-order valence-corrected chi connectivity index (χ4v) is 3.41. The van der Waals surface area contributed by atoms with Gasteiger partial charge in [-0.3, -0.25) is 0 Å². The van der Waals surface area contributed by atoms with Crippen LogP contribution in [0.25, 0.3) is 22.1 Å². The average molecular weight is 332 g/mol. The van der Waals surface area contributed by atoms with Crippen LogP contribution in [-0.2, 0) is 0 Å². The maximum atomic E-state index is 6.11. The smallest absolute Gasteiger partial charge is 0.222 e. The van der Waals surface area contributed by atoms with Crippen LogP contribution in [0.1, 0.15) is 12.8 Å². The van der Waals surface area contributed by atoms with Crippen LogP contribution in [0.15, 0.2) is 22.6 Å². The SMILES string of the molecule is CN[C@H]1CCCN(c2nc(N)nc3c2oc2ccc(Cl)cc23)C1. The summed E-state index contributed by atoms with van der Waals surface area (Å²) in [5, 5.41) is 4.85. The lowest BCUT2D eigenvalue weighted by Crippen LogP contribution is -2.44. The molecule has 4 rings (SSSR count). The number of hydrogen-bond donors (Lipinski definition) is 2. The molecule has 0 unspecified atom stereocenters. The summed E-state index contributed by atoms with van der Waals surface area (Å²) in [6.45, 7) is 1.81. The molecule has 1 atom stereocenters. The van der Waals surface area contributed by atoms with Gasteiger partial charge in [0.05, 0.1) is 0 Å². The molecular weight excluding hydrogens is 314 g/mol. The molecule has 3 N–H and O–H groups in total. The van der Waals surface area contributed by atoms with Crippen LogP contribution < -0.4 is 16.0 Å². The maximum absolute atomic E-state index is 6.11. The minimum atomic E-state index is 0.252. The number of fused-ring (bicyclic) bond motifs is 3. The number of hydrogen-bond acceptors (Lipinski definition) is 6. The summed E-state index contributed by atoms with van der Waals surface area (Å²) in [6, 6.07) is 5.95. The fourth-order valence-electron chi connectivity index (χ4n) is 3.24. The van der Waals surface area contributed by atoms with Crippen LogP contribution in [0.5, 0.6) is 0 Å². The number of anilines is 2. The zero-order valence-electron chi connectivity index (χ0n) is 12.8. The molecule has 2 aromatic heterocycles. The van der Waals surface area contributed by atoms with E-state index >= 15 is 0 Å². The van der Waals surface area contributed by atoms with E-state index < -0.39 is 0 Å². The highest BCUT2D eigenvalue weighted by atomic mass is 35.5. The quantitative estimate of drug-likeness (QED) is 0.751. The predicted octanol–water partition coefficient (Wildman–Crippen LogP) is 2.80. The number of likely N-dealkylation sites (N-methyl/N-ethyl adjacent to an activating group) is 1. The molecule has 7 heteroatoms. The number of benzene rings is 1. The van der Waals surface area contributed by atoms with Crippen LogP contribution in [0.3, 0.4) is 0 Å². The van der Waals surface area contributed by atoms with Crippen molar-refractivity contribution in [3.8, 4) is 0 Å². The van der Waals surface area contributed by atoms with Gasteiger partial charge in [0, 0.05) is 29.5 Å². The van der Waals surface area contributed by atoms with Crippen LogP contribution in [-0.4, -0.2) is 36.1 Å². The van der Waals surface area contributed by atoms with Gasteiger partial charge in [-0.25, -0.2) is 4.98 Å². The van der Waals surface area contributed by atoms with E-state index in [1.165, 1.54) is 0 Å². The molecule has 1 aliphatic rings. The molecule has 0 saturated carbocycles. The Morgan fingerprint density at radius 3 is 3.09 bits per heavy atom. The highest BCUT2D eigenvalue weighted by Gasteiger charge is 2.24. The molecule has 1 fully saturated rings. The Bertz CT molecular complexity index is 878. The molecule has 0 radical (unpaired) electrons. The molecule has 1 saturated heterocycles. The van der Waals surface area contributed by atoms with E-state index in [4.69, 9.17) is 21.8 Å². The van der Waals surface area contributed by atoms with Crippen molar-refractivity contribution in [3.05, 3.63) is 23.2 Å². The van der Waals surface area contributed by atoms with E-state index in [-0.39, 0.29) is 5.95 Å². The topological polar surface area (TPSA) is 80.2 Å². The molecule has 1 aromatic carbocycles. The summed E-state index contributed by atoms with van der Waals surface area (Å²) in [4.78, 5) is 11.0. The number of nitrogens with two attached hydrogens (primary N) is 1. The van der Waals surface area contributed by atoms with E-state index in [1.807, 2.05) is 19.2 Å². The van der Waals surface area contributed by atoms with Crippen molar-refractivity contribution in [3.63, 3.8) is 0 Å². The molecule has 0 bridgehead atoms. The number of halogens is 1. The first kappa shape index (κ1) is 14.5. The van der Waals surface area contributed by atoms with E-state index in [0.29, 0.717) is 16.6 Å². The first-order chi connectivity index (χ1) is 11.2. The first-order valence-electron chi connectivity index (χ1n) is 7.73. The average Bonchev–Trinajstić information content (AvgIpc) is 2.92. The molecule has 23 heavy (non-hydrogen) atoms. The summed E-state index contributed by atoms with van der Waals surface area (Å²) in [7, 11) is 1.99. The Morgan fingerprint density at radius 1 is 1.39 bits per heavy atom. The van der Waals surface area contributed by atoms with E-state index in [2.05, 4.69) is 20.2 Å². The second-order valence-corrected chi connectivity index (χ2v) is 6.34. The Labute approximate surface area is 138 Å². The third kappa shape index (κ3) is 2.48. The Hall–Kier alpha value is -2.05. The lowest BCUT2D eigenvalue weighted by Gasteiger charge is -2.33. The Balaban J connectivity index is 1.90. The number of rotatable bonds is 2. The molecule has 0 aliphatic carbocycles. The van der Waals surface area contributed by atoms with Crippen molar-refractivity contribution in [2.45, 2.75) is 18.9 Å². The van der Waals surface area contributed by atoms with Gasteiger partial charge in [-0.05, 0) is 38.1 Å². The van der Waals surface area contributed by atoms with Gasteiger partial charge in [0.2, 0.25) is 5.95 Å². The highest BCUT2D eigenvalue weighted by Crippen LogP contribution is 2.35. The lowest BCUT2D eigenvalue weighted by atomic mass is 10.1. The van der Waals surface area contributed by atoms with Gasteiger partial charge in [0.1, 0.15) is 11.1 Å². The second-order valence-electron chi connectivity index (χ2n) is 5.90. The second kappa shape index (κ2) is 5.54. The summed E-state index contributed by atoms with van der Waals surface area (Å²) in [5.74, 6) is 1.02. The summed E-state index contributed by atoms with van der Waals surface area (Å²) in [5.41, 5.74) is 8.08. The zero-order valence-corrected chi connectivity index (χ0v) is 13.6. The number of nitrogens with one attached hydrogen (secondary N) is 1. The molecule has 0 amide bonds. The van der Waals surface area contributed by atoms with E-state index in [9.17, 15) is 0 Å². The number of nitrogen functional groups attached to an aromatic ring is 1. The number of aromatic nitrogens is 2. The van der Waals surface area contributed by atoms with Crippen molar-refractivity contribution in [2.75, 3.05) is 30.8 Å². The van der Waals surface area contributed by atoms with Crippen molar-refractivity contribution < 1.29 is 4.42 Å². The normalized spacial score (nSPS) is 18.9. The summed E-state index contributed by atoms with van der Waals surface area (Å²) < 4.78 is 6.01. The van der Waals surface area contributed by atoms with Crippen molar-refractivity contribution >= 4 is 45.4 Å². The third-order valence-electron chi connectivity index (χ3n) is 4.40. The molecule has 0 spiro atoms. The van der Waals surface area contributed by atoms with Crippen LogP contribution in [0.4, 0.5) is 11.8 Å². The lowest BCUT2D eigenvalue weighted by molar-refractivity contribution is 0.447. The van der Waals surface area contributed by atoms with Gasteiger partial charge >= 0.3 is 0 Å². The minimum Gasteiger partial charge on any atom is -0.450 e. The molecule has 3 heterocycles. The van der Waals surface area contributed by atoms with E-state index in [1.54, 1.807) is 6.07 Å². The van der Waals surface area contributed by atoms with Crippen molar-refractivity contribution in [1.29, 1.82) is 0 Å². The van der Waals surface area contributed by atoms with Crippen LogP contribution in [0.2, 0.25) is 5.02 Å². The standard InChI is InChI=1S/C16H18ClN5O/c1-19-10-3-2-6-22(8-10)15-14-13(20-16(18)21-15)11-7-9(17)4-5-12(11)23-14/h4-5,7,10,19H,2-3,6,8H2,1H3,(H2,18,20,21)/t10-/m0/s1. The third-order valence-corrected chi connectivity index (χ3v) is 4.64. The van der Waals surface area contributed by atoms with Crippen LogP contribution >= 0.6 is 11.6 Å². The van der Waals surface area contributed by atoms with Gasteiger partial charge in [0.15, 0.2) is 11.4 Å². The maximum Gasteiger partial charge on any atom is 0.222 e. The van der Waals surface area contributed by atoms with Gasteiger partial charge in [-0.2, -0.15) is 4.98 Å². The molecule has 120 valence electrons. The number of piperidine rings is 1. The molecular formula is C16H18ClN5O. The Kier molecular flexibility index (Phi) is 3.50. The monoisotopic (exact) mass is 331 g/mol. The minimum absolute atomic E-state index is 0.252. The predicted molar refractivity (Wildman–Crippen MR) is 93.0 cm³/mol. The molecule has 1 aliphatic heterocycles. The van der Waals surface area contributed by atoms with Gasteiger partial charge < -0.3 is 20.4 Å². The zero-order chi connectivity index (χ0) is 16.0. The number of nitrogens with zero attached hydrogens (tertiary/aromatic N) is 3. The molecule has 6 nitrogen and oxygen atoms in total. The van der Waals surface area contributed by atoms with E-state index in [0.717, 1.165) is 48.2 Å². The largest absolute Gasteiger partial charge is 0.450 e.